The number of anilines is 1. The summed E-state index contributed by atoms with van der Waals surface area (Å²) in [4.78, 5) is 27.9. The van der Waals surface area contributed by atoms with Crippen molar-refractivity contribution < 1.29 is 18.7 Å². The minimum Gasteiger partial charge on any atom is -0.489 e. The zero-order chi connectivity index (χ0) is 22.6. The predicted molar refractivity (Wildman–Crippen MR) is 121 cm³/mol. The summed E-state index contributed by atoms with van der Waals surface area (Å²) >= 11 is 0. The first-order valence-corrected chi connectivity index (χ1v) is 10.6. The third kappa shape index (κ3) is 4.64. The molecule has 0 aliphatic carbocycles. The van der Waals surface area contributed by atoms with Gasteiger partial charge in [-0.25, -0.2) is 4.39 Å². The summed E-state index contributed by atoms with van der Waals surface area (Å²) in [6.45, 7) is 2.59. The van der Waals surface area contributed by atoms with Crippen LogP contribution in [0.25, 0.3) is 0 Å². The molecule has 4 rings (SSSR count). The van der Waals surface area contributed by atoms with Crippen LogP contribution >= 0.6 is 0 Å². The summed E-state index contributed by atoms with van der Waals surface area (Å²) in [6, 6.07) is 22.3. The van der Waals surface area contributed by atoms with Crippen molar-refractivity contribution >= 4 is 17.5 Å². The third-order valence-corrected chi connectivity index (χ3v) is 5.78. The van der Waals surface area contributed by atoms with E-state index in [1.807, 2.05) is 43.3 Å². The van der Waals surface area contributed by atoms with Crippen molar-refractivity contribution in [3.8, 4) is 5.75 Å². The molecule has 5 nitrogen and oxygen atoms in total. The Morgan fingerprint density at radius 2 is 1.81 bits per heavy atom. The van der Waals surface area contributed by atoms with Crippen molar-refractivity contribution in [1.29, 1.82) is 0 Å². The van der Waals surface area contributed by atoms with Crippen LogP contribution in [0.5, 0.6) is 5.75 Å². The van der Waals surface area contributed by atoms with Crippen LogP contribution in [-0.2, 0) is 11.4 Å². The molecule has 2 amide bonds. The number of likely N-dealkylation sites (tertiary alicyclic amines) is 1. The molecule has 0 saturated carbocycles. The number of carbonyl (C=O) groups excluding carboxylic acids is 2. The van der Waals surface area contributed by atoms with Crippen molar-refractivity contribution in [1.82, 2.24) is 4.90 Å². The van der Waals surface area contributed by atoms with E-state index in [1.165, 1.54) is 12.1 Å². The third-order valence-electron chi connectivity index (χ3n) is 5.78. The van der Waals surface area contributed by atoms with Gasteiger partial charge in [0, 0.05) is 23.9 Å². The lowest BCUT2D eigenvalue weighted by Gasteiger charge is -2.34. The molecular weight excluding hydrogens is 407 g/mol. The van der Waals surface area contributed by atoms with Crippen molar-refractivity contribution in [3.05, 3.63) is 95.8 Å². The van der Waals surface area contributed by atoms with Crippen LogP contribution < -0.4 is 10.1 Å². The number of halogens is 1. The molecule has 1 heterocycles. The van der Waals surface area contributed by atoms with Crippen LogP contribution in [0.3, 0.4) is 0 Å². The Kier molecular flexibility index (Phi) is 6.21. The van der Waals surface area contributed by atoms with Crippen molar-refractivity contribution in [3.63, 3.8) is 0 Å². The second kappa shape index (κ2) is 9.22. The second-order valence-corrected chi connectivity index (χ2v) is 8.10. The highest BCUT2D eigenvalue weighted by Crippen LogP contribution is 2.32. The molecule has 1 atom stereocenters. The molecule has 0 spiro atoms. The Labute approximate surface area is 186 Å². The summed E-state index contributed by atoms with van der Waals surface area (Å²) in [5.74, 6) is -0.281. The molecule has 1 unspecified atom stereocenters. The average Bonchev–Trinajstić information content (AvgIpc) is 3.21. The van der Waals surface area contributed by atoms with Crippen LogP contribution in [0.15, 0.2) is 78.9 Å². The van der Waals surface area contributed by atoms with Gasteiger partial charge < -0.3 is 15.0 Å². The number of hydrogen-bond donors (Lipinski definition) is 1. The van der Waals surface area contributed by atoms with Crippen molar-refractivity contribution in [2.24, 2.45) is 0 Å². The lowest BCUT2D eigenvalue weighted by atomic mass is 9.96. The van der Waals surface area contributed by atoms with E-state index in [2.05, 4.69) is 5.32 Å². The predicted octanol–water partition coefficient (Wildman–Crippen LogP) is 5.04. The van der Waals surface area contributed by atoms with E-state index < -0.39 is 5.54 Å². The highest BCUT2D eigenvalue weighted by atomic mass is 19.1. The number of hydrogen-bond acceptors (Lipinski definition) is 3. The van der Waals surface area contributed by atoms with Crippen LogP contribution in [0.1, 0.15) is 35.7 Å². The van der Waals surface area contributed by atoms with E-state index in [-0.39, 0.29) is 24.2 Å². The Morgan fingerprint density at radius 1 is 1.03 bits per heavy atom. The molecule has 1 aliphatic rings. The molecule has 6 heteroatoms. The van der Waals surface area contributed by atoms with E-state index >= 15 is 0 Å². The van der Waals surface area contributed by atoms with Gasteiger partial charge in [0.05, 0.1) is 0 Å². The fourth-order valence-corrected chi connectivity index (χ4v) is 3.99. The summed E-state index contributed by atoms with van der Waals surface area (Å²) in [5.41, 5.74) is 1.10. The highest BCUT2D eigenvalue weighted by molar-refractivity contribution is 6.04. The first-order chi connectivity index (χ1) is 15.5. The quantitative estimate of drug-likeness (QED) is 0.594. The Hall–Kier alpha value is -3.67. The molecule has 0 radical (unpaired) electrons. The monoisotopic (exact) mass is 432 g/mol. The zero-order valence-electron chi connectivity index (χ0n) is 17.9. The van der Waals surface area contributed by atoms with Gasteiger partial charge >= 0.3 is 0 Å². The van der Waals surface area contributed by atoms with Gasteiger partial charge in [0.2, 0.25) is 5.91 Å². The van der Waals surface area contributed by atoms with Crippen LogP contribution in [-0.4, -0.2) is 28.8 Å². The molecule has 1 aliphatic heterocycles. The van der Waals surface area contributed by atoms with Gasteiger partial charge in [-0.1, -0.05) is 36.4 Å². The van der Waals surface area contributed by atoms with Crippen LogP contribution in [0, 0.1) is 5.82 Å². The topological polar surface area (TPSA) is 58.6 Å². The molecule has 1 N–H and O–H groups in total. The first kappa shape index (κ1) is 21.6. The van der Waals surface area contributed by atoms with Gasteiger partial charge in [-0.3, -0.25) is 9.59 Å². The molecule has 3 aromatic rings. The summed E-state index contributed by atoms with van der Waals surface area (Å²) in [7, 11) is 0. The van der Waals surface area contributed by atoms with Crippen molar-refractivity contribution in [2.75, 3.05) is 11.9 Å². The molecule has 1 saturated heterocycles. The molecule has 0 bridgehead atoms. The van der Waals surface area contributed by atoms with E-state index in [0.717, 1.165) is 12.0 Å². The number of rotatable bonds is 6. The molecule has 3 aromatic carbocycles. The van der Waals surface area contributed by atoms with Gasteiger partial charge in [0.1, 0.15) is 23.7 Å². The molecule has 32 heavy (non-hydrogen) atoms. The number of benzene rings is 3. The molecule has 0 aromatic heterocycles. The SMILES string of the molecule is CC1(C(=O)Nc2cccc(COc3cccc(F)c3)c2)CCCN1C(=O)c1ccccc1. The standard InChI is InChI=1S/C26H25FN2O3/c1-26(14-7-15-29(26)24(30)20-9-3-2-4-10-20)25(31)28-22-12-5-8-19(16-22)18-32-23-13-6-11-21(27)17-23/h2-6,8-13,16-17H,7,14-15,18H2,1H3,(H,28,31). The van der Waals surface area contributed by atoms with E-state index in [0.29, 0.717) is 30.0 Å². The number of amides is 2. The molecule has 1 fully saturated rings. The Morgan fingerprint density at radius 3 is 2.59 bits per heavy atom. The largest absolute Gasteiger partial charge is 0.489 e. The smallest absolute Gasteiger partial charge is 0.254 e. The van der Waals surface area contributed by atoms with E-state index in [1.54, 1.807) is 35.2 Å². The van der Waals surface area contributed by atoms with Crippen LogP contribution in [0.2, 0.25) is 0 Å². The number of nitrogens with one attached hydrogen (secondary N) is 1. The maximum atomic E-state index is 13.3. The Bertz CT molecular complexity index is 1120. The maximum Gasteiger partial charge on any atom is 0.254 e. The lowest BCUT2D eigenvalue weighted by Crippen LogP contribution is -2.53. The molecule has 164 valence electrons. The summed E-state index contributed by atoms with van der Waals surface area (Å²) < 4.78 is 19.0. The minimum atomic E-state index is -0.930. The van der Waals surface area contributed by atoms with E-state index in [4.69, 9.17) is 4.74 Å². The lowest BCUT2D eigenvalue weighted by molar-refractivity contribution is -0.124. The van der Waals surface area contributed by atoms with Gasteiger partial charge in [-0.05, 0) is 61.7 Å². The first-order valence-electron chi connectivity index (χ1n) is 10.6. The second-order valence-electron chi connectivity index (χ2n) is 8.10. The number of nitrogens with zero attached hydrogens (tertiary/aromatic N) is 1. The fourth-order valence-electron chi connectivity index (χ4n) is 3.99. The number of ether oxygens (including phenoxy) is 1. The highest BCUT2D eigenvalue weighted by Gasteiger charge is 2.45. The summed E-state index contributed by atoms with van der Waals surface area (Å²) in [6.07, 6.45) is 1.36. The maximum absolute atomic E-state index is 13.3. The fraction of sp³-hybridized carbons (Fsp3) is 0.231. The minimum absolute atomic E-state index is 0.141. The zero-order valence-corrected chi connectivity index (χ0v) is 17.9. The normalized spacial score (nSPS) is 17.8. The Balaban J connectivity index is 1.44. The van der Waals surface area contributed by atoms with Crippen LogP contribution in [0.4, 0.5) is 10.1 Å². The van der Waals surface area contributed by atoms with Gasteiger partial charge in [-0.15, -0.1) is 0 Å². The van der Waals surface area contributed by atoms with E-state index in [9.17, 15) is 14.0 Å². The van der Waals surface area contributed by atoms with Gasteiger partial charge in [0.15, 0.2) is 0 Å². The average molecular weight is 432 g/mol. The molecular formula is C26H25FN2O3. The van der Waals surface area contributed by atoms with Gasteiger partial charge in [0.25, 0.3) is 5.91 Å². The van der Waals surface area contributed by atoms with Crippen molar-refractivity contribution in [2.45, 2.75) is 31.9 Å². The summed E-state index contributed by atoms with van der Waals surface area (Å²) in [5, 5.41) is 2.96. The van der Waals surface area contributed by atoms with Gasteiger partial charge in [-0.2, -0.15) is 0 Å². The number of carbonyl (C=O) groups is 2.